The largest absolute Gasteiger partial charge is 0.465 e. The van der Waals surface area contributed by atoms with Crippen molar-refractivity contribution >= 4 is 6.09 Å². The lowest BCUT2D eigenvalue weighted by Crippen LogP contribution is -2.49. The van der Waals surface area contributed by atoms with E-state index in [9.17, 15) is 9.18 Å². The normalized spacial score (nSPS) is 28.9. The lowest BCUT2D eigenvalue weighted by atomic mass is 10.1. The molecule has 0 aliphatic carbocycles. The van der Waals surface area contributed by atoms with Crippen molar-refractivity contribution in [2.24, 2.45) is 0 Å². The molecule has 5 heteroatoms. The summed E-state index contributed by atoms with van der Waals surface area (Å²) in [7, 11) is 0. The Bertz CT molecular complexity index is 217. The minimum Gasteiger partial charge on any atom is -0.465 e. The van der Waals surface area contributed by atoms with E-state index in [4.69, 9.17) is 9.84 Å². The monoisotopic (exact) mass is 191 g/mol. The maximum Gasteiger partial charge on any atom is 0.410 e. The molecule has 1 fully saturated rings. The van der Waals surface area contributed by atoms with Crippen molar-refractivity contribution in [2.75, 3.05) is 6.61 Å². The molecule has 1 amide bonds. The van der Waals surface area contributed by atoms with Gasteiger partial charge in [-0.3, -0.25) is 4.90 Å². The van der Waals surface area contributed by atoms with Gasteiger partial charge in [0.05, 0.1) is 12.6 Å². The minimum atomic E-state index is -1.21. The summed E-state index contributed by atoms with van der Waals surface area (Å²) in [6.07, 6.45) is -2.35. The van der Waals surface area contributed by atoms with Crippen molar-refractivity contribution in [2.45, 2.75) is 38.7 Å². The molecule has 1 heterocycles. The first kappa shape index (κ1) is 10.2. The zero-order chi connectivity index (χ0) is 10.2. The molecule has 0 spiro atoms. The smallest absolute Gasteiger partial charge is 0.410 e. The predicted octanol–water partition coefficient (Wildman–Crippen LogP) is 1.46. The number of amides is 1. The Kier molecular flexibility index (Phi) is 2.47. The highest BCUT2D eigenvalue weighted by Gasteiger charge is 2.46. The van der Waals surface area contributed by atoms with Crippen LogP contribution < -0.4 is 0 Å². The lowest BCUT2D eigenvalue weighted by Gasteiger charge is -2.31. The molecule has 76 valence electrons. The van der Waals surface area contributed by atoms with Gasteiger partial charge in [-0.1, -0.05) is 0 Å². The van der Waals surface area contributed by atoms with Crippen LogP contribution >= 0.6 is 0 Å². The Hall–Kier alpha value is -0.840. The van der Waals surface area contributed by atoms with E-state index in [0.29, 0.717) is 0 Å². The third-order valence-electron chi connectivity index (χ3n) is 2.26. The predicted molar refractivity (Wildman–Crippen MR) is 44.3 cm³/mol. The number of carbonyl (C=O) groups is 1. The number of nitrogens with zero attached hydrogens (tertiary/aromatic N) is 1. The van der Waals surface area contributed by atoms with E-state index in [0.717, 1.165) is 4.90 Å². The molecule has 1 aliphatic rings. The van der Waals surface area contributed by atoms with Crippen molar-refractivity contribution in [3.05, 3.63) is 0 Å². The van der Waals surface area contributed by atoms with Crippen molar-refractivity contribution in [1.82, 2.24) is 4.90 Å². The van der Waals surface area contributed by atoms with Crippen LogP contribution in [-0.2, 0) is 4.74 Å². The summed E-state index contributed by atoms with van der Waals surface area (Å²) < 4.78 is 18.2. The van der Waals surface area contributed by atoms with Crippen LogP contribution in [0, 0.1) is 0 Å². The van der Waals surface area contributed by atoms with Crippen LogP contribution in [0.3, 0.4) is 0 Å². The van der Waals surface area contributed by atoms with Crippen molar-refractivity contribution in [3.8, 4) is 0 Å². The highest BCUT2D eigenvalue weighted by atomic mass is 19.1. The Morgan fingerprint density at radius 1 is 1.77 bits per heavy atom. The second-order valence-electron chi connectivity index (χ2n) is 3.66. The molecule has 1 saturated heterocycles. The molecule has 1 N–H and O–H groups in total. The van der Waals surface area contributed by atoms with Crippen LogP contribution in [0.4, 0.5) is 9.18 Å². The maximum absolute atomic E-state index is 13.0. The fourth-order valence-electron chi connectivity index (χ4n) is 1.54. The van der Waals surface area contributed by atoms with Gasteiger partial charge in [-0.2, -0.15) is 0 Å². The fourth-order valence-corrected chi connectivity index (χ4v) is 1.54. The fraction of sp³-hybridized carbons (Fsp3) is 0.875. The summed E-state index contributed by atoms with van der Waals surface area (Å²) in [6.45, 7) is 4.69. The molecule has 4 nitrogen and oxygen atoms in total. The Balaban J connectivity index is 2.86. The summed E-state index contributed by atoms with van der Waals surface area (Å²) in [5.74, 6) is 0. The average Bonchev–Trinajstić information content (AvgIpc) is 2.24. The number of hydrogen-bond acceptors (Lipinski definition) is 2. The number of rotatable bonds is 1. The molecule has 0 aromatic rings. The van der Waals surface area contributed by atoms with Gasteiger partial charge < -0.3 is 9.84 Å². The van der Waals surface area contributed by atoms with E-state index in [1.54, 1.807) is 13.8 Å². The van der Waals surface area contributed by atoms with Gasteiger partial charge in [0, 0.05) is 0 Å². The van der Waals surface area contributed by atoms with Crippen LogP contribution in [-0.4, -0.2) is 40.6 Å². The standard InChI is InChI=1S/C8H14FNO3/c1-5(9)6-4-13-8(2,3)10(6)7(11)12/h5-6H,4H2,1-3H3,(H,11,12)/t5?,6-/m0/s1. The summed E-state index contributed by atoms with van der Waals surface area (Å²) >= 11 is 0. The number of ether oxygens (including phenoxy) is 1. The van der Waals surface area contributed by atoms with Gasteiger partial charge in [-0.25, -0.2) is 9.18 Å². The minimum absolute atomic E-state index is 0.122. The Labute approximate surface area is 76.3 Å². The first-order valence-corrected chi connectivity index (χ1v) is 4.16. The average molecular weight is 191 g/mol. The molecule has 1 aliphatic heterocycles. The molecular weight excluding hydrogens is 177 g/mol. The first-order valence-electron chi connectivity index (χ1n) is 4.16. The highest BCUT2D eigenvalue weighted by molar-refractivity contribution is 5.66. The SMILES string of the molecule is CC(F)[C@@H]1COC(C)(C)N1C(=O)O. The van der Waals surface area contributed by atoms with Gasteiger partial charge in [-0.15, -0.1) is 0 Å². The van der Waals surface area contributed by atoms with Gasteiger partial charge in [0.2, 0.25) is 0 Å². The molecular formula is C8H14FNO3. The van der Waals surface area contributed by atoms with Crippen LogP contribution in [0.5, 0.6) is 0 Å². The molecule has 0 bridgehead atoms. The second-order valence-corrected chi connectivity index (χ2v) is 3.66. The van der Waals surface area contributed by atoms with Crippen LogP contribution in [0.15, 0.2) is 0 Å². The summed E-state index contributed by atoms with van der Waals surface area (Å²) in [6, 6.07) is -0.688. The van der Waals surface area contributed by atoms with E-state index >= 15 is 0 Å². The second kappa shape index (κ2) is 3.14. The van der Waals surface area contributed by atoms with Crippen molar-refractivity contribution < 1.29 is 19.0 Å². The number of carboxylic acid groups (broad SMARTS) is 1. The quantitative estimate of drug-likeness (QED) is 0.682. The third-order valence-corrected chi connectivity index (χ3v) is 2.26. The molecule has 0 saturated carbocycles. The van der Waals surface area contributed by atoms with Gasteiger partial charge in [0.15, 0.2) is 0 Å². The zero-order valence-electron chi connectivity index (χ0n) is 7.95. The van der Waals surface area contributed by atoms with Crippen LogP contribution in [0.2, 0.25) is 0 Å². The molecule has 1 unspecified atom stereocenters. The summed E-state index contributed by atoms with van der Waals surface area (Å²) in [5.41, 5.74) is -0.920. The molecule has 13 heavy (non-hydrogen) atoms. The third kappa shape index (κ3) is 1.75. The lowest BCUT2D eigenvalue weighted by molar-refractivity contribution is -0.0438. The Morgan fingerprint density at radius 3 is 2.62 bits per heavy atom. The zero-order valence-corrected chi connectivity index (χ0v) is 7.95. The van der Waals surface area contributed by atoms with E-state index < -0.39 is 24.0 Å². The highest BCUT2D eigenvalue weighted by Crippen LogP contribution is 2.29. The molecule has 2 atom stereocenters. The topological polar surface area (TPSA) is 49.8 Å². The van der Waals surface area contributed by atoms with Gasteiger partial charge in [0.25, 0.3) is 0 Å². The molecule has 0 aromatic carbocycles. The van der Waals surface area contributed by atoms with Crippen molar-refractivity contribution in [1.29, 1.82) is 0 Å². The van der Waals surface area contributed by atoms with E-state index in [-0.39, 0.29) is 6.61 Å². The van der Waals surface area contributed by atoms with E-state index in [2.05, 4.69) is 0 Å². The summed E-state index contributed by atoms with van der Waals surface area (Å²) in [5, 5.41) is 8.85. The molecule has 0 radical (unpaired) electrons. The number of halogens is 1. The van der Waals surface area contributed by atoms with E-state index in [1.165, 1.54) is 6.92 Å². The number of hydrogen-bond donors (Lipinski definition) is 1. The van der Waals surface area contributed by atoms with Gasteiger partial charge >= 0.3 is 6.09 Å². The van der Waals surface area contributed by atoms with Gasteiger partial charge in [0.1, 0.15) is 11.9 Å². The maximum atomic E-state index is 13.0. The Morgan fingerprint density at radius 2 is 2.31 bits per heavy atom. The molecule has 1 rings (SSSR count). The van der Waals surface area contributed by atoms with Crippen LogP contribution in [0.25, 0.3) is 0 Å². The molecule has 0 aromatic heterocycles. The van der Waals surface area contributed by atoms with Crippen LogP contribution in [0.1, 0.15) is 20.8 Å². The summed E-state index contributed by atoms with van der Waals surface area (Å²) in [4.78, 5) is 11.8. The van der Waals surface area contributed by atoms with Crippen molar-refractivity contribution in [3.63, 3.8) is 0 Å². The first-order chi connectivity index (χ1) is 5.86. The van der Waals surface area contributed by atoms with E-state index in [1.807, 2.05) is 0 Å². The van der Waals surface area contributed by atoms with Gasteiger partial charge in [-0.05, 0) is 20.8 Å². The number of alkyl halides is 1.